The predicted molar refractivity (Wildman–Crippen MR) is 102 cm³/mol. The average molecular weight is 364 g/mol. The highest BCUT2D eigenvalue weighted by atomic mass is 16.5. The van der Waals surface area contributed by atoms with Gasteiger partial charge in [0.25, 0.3) is 11.5 Å². The Balaban J connectivity index is 1.74. The average Bonchev–Trinajstić information content (AvgIpc) is 2.73. The van der Waals surface area contributed by atoms with Gasteiger partial charge in [0.05, 0.1) is 13.2 Å². The smallest absolute Gasteiger partial charge is 0.261 e. The minimum atomic E-state index is -0.385. The van der Waals surface area contributed by atoms with E-state index in [1.165, 1.54) is 0 Å². The number of benzene rings is 1. The lowest BCUT2D eigenvalue weighted by Crippen LogP contribution is -2.49. The molecule has 2 N–H and O–H groups in total. The number of carbonyl (C=O) groups excluding carboxylic acids is 1. The Labute approximate surface area is 156 Å². The number of nitrogens with zero attached hydrogens (tertiary/aromatic N) is 2. The third kappa shape index (κ3) is 3.29. The van der Waals surface area contributed by atoms with Gasteiger partial charge in [-0.3, -0.25) is 14.6 Å². The van der Waals surface area contributed by atoms with Crippen molar-refractivity contribution in [2.75, 3.05) is 26.7 Å². The molecule has 138 valence electrons. The van der Waals surface area contributed by atoms with E-state index in [-0.39, 0.29) is 23.1 Å². The first-order chi connectivity index (χ1) is 13.2. The minimum Gasteiger partial charge on any atom is -0.497 e. The van der Waals surface area contributed by atoms with Crippen LogP contribution in [0.25, 0.3) is 10.9 Å². The predicted octanol–water partition coefficient (Wildman–Crippen LogP) is 1.72. The molecule has 1 aliphatic rings. The SMILES string of the molecule is COc1ccc2[nH]c(=O)c(C(=O)N3CCNCC3c3ccncc3)cc2c1. The summed E-state index contributed by atoms with van der Waals surface area (Å²) in [7, 11) is 1.58. The van der Waals surface area contributed by atoms with Crippen LogP contribution in [0.2, 0.25) is 0 Å². The van der Waals surface area contributed by atoms with Crippen LogP contribution < -0.4 is 15.6 Å². The molecular weight excluding hydrogens is 344 g/mol. The summed E-state index contributed by atoms with van der Waals surface area (Å²) < 4.78 is 5.24. The number of ether oxygens (including phenoxy) is 1. The number of hydrogen-bond acceptors (Lipinski definition) is 5. The number of amides is 1. The third-order valence-electron chi connectivity index (χ3n) is 4.88. The lowest BCUT2D eigenvalue weighted by Gasteiger charge is -2.36. The number of hydrogen-bond donors (Lipinski definition) is 2. The highest BCUT2D eigenvalue weighted by Gasteiger charge is 2.30. The van der Waals surface area contributed by atoms with Crippen molar-refractivity contribution >= 4 is 16.8 Å². The first-order valence-corrected chi connectivity index (χ1v) is 8.80. The van der Waals surface area contributed by atoms with Crippen molar-refractivity contribution in [1.82, 2.24) is 20.2 Å². The quantitative estimate of drug-likeness (QED) is 0.739. The fourth-order valence-corrected chi connectivity index (χ4v) is 3.46. The number of H-pyrrole nitrogens is 1. The normalized spacial score (nSPS) is 17.1. The van der Waals surface area contributed by atoms with E-state index in [4.69, 9.17) is 4.74 Å². The zero-order chi connectivity index (χ0) is 18.8. The number of pyridine rings is 2. The van der Waals surface area contributed by atoms with Crippen molar-refractivity contribution in [3.63, 3.8) is 0 Å². The molecule has 1 saturated heterocycles. The summed E-state index contributed by atoms with van der Waals surface area (Å²) in [4.78, 5) is 34.4. The summed E-state index contributed by atoms with van der Waals surface area (Å²) in [6.07, 6.45) is 3.42. The molecule has 4 rings (SSSR count). The second-order valence-corrected chi connectivity index (χ2v) is 6.46. The van der Waals surface area contributed by atoms with Crippen LogP contribution in [0.3, 0.4) is 0 Å². The van der Waals surface area contributed by atoms with Crippen LogP contribution in [0.15, 0.2) is 53.6 Å². The summed E-state index contributed by atoms with van der Waals surface area (Å²) in [5, 5.41) is 4.07. The van der Waals surface area contributed by atoms with Gasteiger partial charge in [-0.15, -0.1) is 0 Å². The molecule has 1 aromatic carbocycles. The molecule has 7 nitrogen and oxygen atoms in total. The maximum Gasteiger partial charge on any atom is 0.261 e. The molecule has 0 radical (unpaired) electrons. The molecule has 1 amide bonds. The molecule has 0 aliphatic carbocycles. The highest BCUT2D eigenvalue weighted by molar-refractivity contribution is 5.97. The van der Waals surface area contributed by atoms with Crippen LogP contribution >= 0.6 is 0 Å². The summed E-state index contributed by atoms with van der Waals surface area (Å²) in [6.45, 7) is 1.85. The first kappa shape index (κ1) is 17.2. The Kier molecular flexibility index (Phi) is 4.60. The Morgan fingerprint density at radius 1 is 1.22 bits per heavy atom. The summed E-state index contributed by atoms with van der Waals surface area (Å²) >= 11 is 0. The molecule has 3 aromatic rings. The third-order valence-corrected chi connectivity index (χ3v) is 4.88. The zero-order valence-electron chi connectivity index (χ0n) is 14.9. The number of aromatic nitrogens is 2. The number of aromatic amines is 1. The van der Waals surface area contributed by atoms with Gasteiger partial charge in [0.2, 0.25) is 0 Å². The van der Waals surface area contributed by atoms with Gasteiger partial charge >= 0.3 is 0 Å². The van der Waals surface area contributed by atoms with Crippen LogP contribution in [0.1, 0.15) is 22.0 Å². The monoisotopic (exact) mass is 364 g/mol. The van der Waals surface area contributed by atoms with Crippen molar-refractivity contribution in [2.24, 2.45) is 0 Å². The molecule has 0 saturated carbocycles. The second-order valence-electron chi connectivity index (χ2n) is 6.46. The van der Waals surface area contributed by atoms with Gasteiger partial charge in [-0.2, -0.15) is 0 Å². The van der Waals surface area contributed by atoms with Crippen LogP contribution in [0.5, 0.6) is 5.75 Å². The minimum absolute atomic E-state index is 0.136. The molecule has 1 fully saturated rings. The molecule has 0 spiro atoms. The van der Waals surface area contributed by atoms with Crippen molar-refractivity contribution in [3.8, 4) is 5.75 Å². The Bertz CT molecular complexity index is 1030. The van der Waals surface area contributed by atoms with Gasteiger partial charge < -0.3 is 19.9 Å². The van der Waals surface area contributed by atoms with E-state index in [0.29, 0.717) is 30.9 Å². The van der Waals surface area contributed by atoms with E-state index in [9.17, 15) is 9.59 Å². The van der Waals surface area contributed by atoms with E-state index in [1.54, 1.807) is 48.7 Å². The van der Waals surface area contributed by atoms with Crippen LogP contribution in [0.4, 0.5) is 0 Å². The largest absolute Gasteiger partial charge is 0.497 e. The number of fused-ring (bicyclic) bond motifs is 1. The van der Waals surface area contributed by atoms with E-state index in [2.05, 4.69) is 15.3 Å². The lowest BCUT2D eigenvalue weighted by atomic mass is 10.0. The molecule has 3 heterocycles. The summed E-state index contributed by atoms with van der Waals surface area (Å²) in [5.41, 5.74) is 1.41. The molecule has 1 unspecified atom stereocenters. The highest BCUT2D eigenvalue weighted by Crippen LogP contribution is 2.24. The number of carbonyl (C=O) groups is 1. The maximum atomic E-state index is 13.2. The number of nitrogens with one attached hydrogen (secondary N) is 2. The van der Waals surface area contributed by atoms with Crippen molar-refractivity contribution < 1.29 is 9.53 Å². The van der Waals surface area contributed by atoms with E-state index in [1.807, 2.05) is 12.1 Å². The van der Waals surface area contributed by atoms with Gasteiger partial charge in [-0.1, -0.05) is 0 Å². The Morgan fingerprint density at radius 3 is 2.81 bits per heavy atom. The topological polar surface area (TPSA) is 87.3 Å². The van der Waals surface area contributed by atoms with Crippen LogP contribution in [0, 0.1) is 0 Å². The molecule has 0 bridgehead atoms. The van der Waals surface area contributed by atoms with E-state index in [0.717, 1.165) is 10.9 Å². The molecule has 2 aromatic heterocycles. The van der Waals surface area contributed by atoms with Gasteiger partial charge in [0.15, 0.2) is 0 Å². The van der Waals surface area contributed by atoms with Crippen LogP contribution in [-0.4, -0.2) is 47.5 Å². The van der Waals surface area contributed by atoms with Crippen LogP contribution in [-0.2, 0) is 0 Å². The Hall–Kier alpha value is -3.19. The summed E-state index contributed by atoms with van der Waals surface area (Å²) in [6, 6.07) is 10.6. The van der Waals surface area contributed by atoms with Gasteiger partial charge in [-0.25, -0.2) is 0 Å². The van der Waals surface area contributed by atoms with Gasteiger partial charge in [-0.05, 0) is 42.0 Å². The zero-order valence-corrected chi connectivity index (χ0v) is 14.9. The molecule has 1 atom stereocenters. The van der Waals surface area contributed by atoms with E-state index < -0.39 is 0 Å². The number of rotatable bonds is 3. The number of piperazine rings is 1. The fraction of sp³-hybridized carbons (Fsp3) is 0.250. The second kappa shape index (κ2) is 7.20. The van der Waals surface area contributed by atoms with Gasteiger partial charge in [0.1, 0.15) is 11.3 Å². The lowest BCUT2D eigenvalue weighted by molar-refractivity contribution is 0.0632. The van der Waals surface area contributed by atoms with Crippen molar-refractivity contribution in [3.05, 3.63) is 70.3 Å². The molecular formula is C20H20N4O3. The molecule has 1 aliphatic heterocycles. The molecule has 7 heteroatoms. The van der Waals surface area contributed by atoms with Crippen molar-refractivity contribution in [2.45, 2.75) is 6.04 Å². The number of methoxy groups -OCH3 is 1. The molecule has 27 heavy (non-hydrogen) atoms. The Morgan fingerprint density at radius 2 is 2.04 bits per heavy atom. The van der Waals surface area contributed by atoms with E-state index >= 15 is 0 Å². The van der Waals surface area contributed by atoms with Crippen molar-refractivity contribution in [1.29, 1.82) is 0 Å². The standard InChI is InChI=1S/C20H20N4O3/c1-27-15-2-3-17-14(10-15)11-16(19(25)23-17)20(26)24-9-8-22-12-18(24)13-4-6-21-7-5-13/h2-7,10-11,18,22H,8-9,12H2,1H3,(H,23,25). The summed E-state index contributed by atoms with van der Waals surface area (Å²) in [5.74, 6) is 0.397. The van der Waals surface area contributed by atoms with Gasteiger partial charge in [0, 0.05) is 42.9 Å². The maximum absolute atomic E-state index is 13.2. The first-order valence-electron chi connectivity index (χ1n) is 8.80. The fourth-order valence-electron chi connectivity index (χ4n) is 3.46.